The van der Waals surface area contributed by atoms with Crippen molar-refractivity contribution in [1.29, 1.82) is 0 Å². The summed E-state index contributed by atoms with van der Waals surface area (Å²) >= 11 is 0. The topological polar surface area (TPSA) is 50.4 Å². The molecule has 2 aliphatic rings. The Balaban J connectivity index is 1.43. The fourth-order valence-corrected chi connectivity index (χ4v) is 1.40. The summed E-state index contributed by atoms with van der Waals surface area (Å²) in [5.74, 6) is 1.17. The van der Waals surface area contributed by atoms with Gasteiger partial charge in [-0.05, 0) is 18.8 Å². The number of rotatable bonds is 6. The summed E-state index contributed by atoms with van der Waals surface area (Å²) < 4.78 is 5.41. The van der Waals surface area contributed by atoms with Crippen LogP contribution < -0.4 is 10.6 Å². The predicted molar refractivity (Wildman–Crippen MR) is 52.9 cm³/mol. The summed E-state index contributed by atoms with van der Waals surface area (Å²) in [6, 6.07) is 0. The van der Waals surface area contributed by atoms with Gasteiger partial charge in [0.15, 0.2) is 0 Å². The molecule has 0 aromatic rings. The second kappa shape index (κ2) is 4.75. The van der Waals surface area contributed by atoms with Crippen LogP contribution in [0, 0.1) is 11.8 Å². The molecule has 4 nitrogen and oxygen atoms in total. The summed E-state index contributed by atoms with van der Waals surface area (Å²) in [7, 11) is 0. The van der Waals surface area contributed by atoms with Gasteiger partial charge in [0.05, 0.1) is 12.5 Å². The van der Waals surface area contributed by atoms with Crippen molar-refractivity contribution in [3.05, 3.63) is 0 Å². The minimum Gasteiger partial charge on any atom is -0.379 e. The van der Waals surface area contributed by atoms with Crippen molar-refractivity contribution in [1.82, 2.24) is 10.6 Å². The lowest BCUT2D eigenvalue weighted by Gasteiger charge is -2.25. The number of carbonyl (C=O) groups excluding carboxylic acids is 1. The second-order valence-electron chi connectivity index (χ2n) is 4.16. The van der Waals surface area contributed by atoms with Crippen LogP contribution >= 0.6 is 0 Å². The maximum Gasteiger partial charge on any atom is 0.225 e. The molecule has 0 radical (unpaired) electrons. The molecule has 2 fully saturated rings. The van der Waals surface area contributed by atoms with Gasteiger partial charge in [0, 0.05) is 26.2 Å². The Morgan fingerprint density at radius 2 is 2.21 bits per heavy atom. The van der Waals surface area contributed by atoms with E-state index < -0.39 is 0 Å². The van der Waals surface area contributed by atoms with Gasteiger partial charge in [-0.25, -0.2) is 0 Å². The average Bonchev–Trinajstić information content (AvgIpc) is 2.84. The number of carbonyl (C=O) groups is 1. The van der Waals surface area contributed by atoms with E-state index in [1.54, 1.807) is 0 Å². The molecule has 80 valence electrons. The van der Waals surface area contributed by atoms with E-state index in [1.165, 1.54) is 12.8 Å². The molecule has 0 unspecified atom stereocenters. The van der Waals surface area contributed by atoms with Crippen LogP contribution in [0.4, 0.5) is 0 Å². The molecule has 0 aromatic carbocycles. The standard InChI is InChI=1S/C10H18N2O2/c13-10(9-5-11-6-9)12-3-4-14-7-8-1-2-8/h8-9,11H,1-7H2,(H,12,13). The van der Waals surface area contributed by atoms with Crippen LogP contribution in [0.2, 0.25) is 0 Å². The van der Waals surface area contributed by atoms with Crippen molar-refractivity contribution in [3.63, 3.8) is 0 Å². The molecular weight excluding hydrogens is 180 g/mol. The van der Waals surface area contributed by atoms with Crippen LogP contribution in [-0.2, 0) is 9.53 Å². The van der Waals surface area contributed by atoms with Gasteiger partial charge in [0.2, 0.25) is 5.91 Å². The lowest BCUT2D eigenvalue weighted by molar-refractivity contribution is -0.126. The monoisotopic (exact) mass is 198 g/mol. The SMILES string of the molecule is O=C(NCCOCC1CC1)C1CNC1. The van der Waals surface area contributed by atoms with E-state index in [1.807, 2.05) is 0 Å². The highest BCUT2D eigenvalue weighted by Crippen LogP contribution is 2.28. The Hall–Kier alpha value is -0.610. The molecule has 1 saturated carbocycles. The molecule has 0 aromatic heterocycles. The van der Waals surface area contributed by atoms with Crippen LogP contribution in [0.15, 0.2) is 0 Å². The van der Waals surface area contributed by atoms with Crippen molar-refractivity contribution in [2.24, 2.45) is 11.8 Å². The van der Waals surface area contributed by atoms with Crippen molar-refractivity contribution in [2.45, 2.75) is 12.8 Å². The number of hydrogen-bond donors (Lipinski definition) is 2. The van der Waals surface area contributed by atoms with Crippen LogP contribution in [-0.4, -0.2) is 38.8 Å². The molecule has 1 aliphatic heterocycles. The van der Waals surface area contributed by atoms with Crippen molar-refractivity contribution < 1.29 is 9.53 Å². The van der Waals surface area contributed by atoms with E-state index in [4.69, 9.17) is 4.74 Å². The molecule has 0 bridgehead atoms. The first-order valence-corrected chi connectivity index (χ1v) is 5.42. The van der Waals surface area contributed by atoms with Crippen LogP contribution in [0.5, 0.6) is 0 Å². The van der Waals surface area contributed by atoms with Crippen molar-refractivity contribution in [2.75, 3.05) is 32.8 Å². The molecule has 0 atom stereocenters. The predicted octanol–water partition coefficient (Wildman–Crippen LogP) is -0.251. The fraction of sp³-hybridized carbons (Fsp3) is 0.900. The normalized spacial score (nSPS) is 21.7. The lowest BCUT2D eigenvalue weighted by Crippen LogP contribution is -2.51. The summed E-state index contributed by atoms with van der Waals surface area (Å²) in [6.07, 6.45) is 2.64. The Morgan fingerprint density at radius 3 is 2.79 bits per heavy atom. The van der Waals surface area contributed by atoms with Gasteiger partial charge in [-0.15, -0.1) is 0 Å². The zero-order valence-electron chi connectivity index (χ0n) is 8.42. The van der Waals surface area contributed by atoms with E-state index in [9.17, 15) is 4.79 Å². The van der Waals surface area contributed by atoms with E-state index in [-0.39, 0.29) is 11.8 Å². The van der Waals surface area contributed by atoms with Gasteiger partial charge in [-0.3, -0.25) is 4.79 Å². The molecule has 2 rings (SSSR count). The van der Waals surface area contributed by atoms with Gasteiger partial charge in [-0.2, -0.15) is 0 Å². The van der Waals surface area contributed by atoms with Crippen LogP contribution in [0.25, 0.3) is 0 Å². The molecule has 2 N–H and O–H groups in total. The van der Waals surface area contributed by atoms with E-state index >= 15 is 0 Å². The van der Waals surface area contributed by atoms with Gasteiger partial charge in [-0.1, -0.05) is 0 Å². The average molecular weight is 198 g/mol. The highest BCUT2D eigenvalue weighted by molar-refractivity contribution is 5.79. The lowest BCUT2D eigenvalue weighted by atomic mass is 10.0. The summed E-state index contributed by atoms with van der Waals surface area (Å²) in [5, 5.41) is 5.95. The van der Waals surface area contributed by atoms with Crippen molar-refractivity contribution in [3.8, 4) is 0 Å². The Bertz CT molecular complexity index is 200. The summed E-state index contributed by atoms with van der Waals surface area (Å²) in [6.45, 7) is 3.84. The number of hydrogen-bond acceptors (Lipinski definition) is 3. The fourth-order valence-electron chi connectivity index (χ4n) is 1.40. The first-order chi connectivity index (χ1) is 6.86. The Kier molecular flexibility index (Phi) is 3.37. The quantitative estimate of drug-likeness (QED) is 0.579. The van der Waals surface area contributed by atoms with Gasteiger partial charge in [0.1, 0.15) is 0 Å². The molecule has 0 spiro atoms. The molecular formula is C10H18N2O2. The van der Waals surface area contributed by atoms with E-state index in [0.29, 0.717) is 13.2 Å². The zero-order valence-corrected chi connectivity index (χ0v) is 8.42. The second-order valence-corrected chi connectivity index (χ2v) is 4.16. The molecule has 1 heterocycles. The Labute approximate surface area is 84.4 Å². The Morgan fingerprint density at radius 1 is 1.43 bits per heavy atom. The van der Waals surface area contributed by atoms with E-state index in [2.05, 4.69) is 10.6 Å². The highest BCUT2D eigenvalue weighted by atomic mass is 16.5. The summed E-state index contributed by atoms with van der Waals surface area (Å²) in [5.41, 5.74) is 0. The first kappa shape index (κ1) is 9.93. The third-order valence-corrected chi connectivity index (χ3v) is 2.75. The minimum atomic E-state index is 0.166. The molecule has 1 amide bonds. The van der Waals surface area contributed by atoms with Crippen LogP contribution in [0.3, 0.4) is 0 Å². The maximum absolute atomic E-state index is 11.3. The molecule has 1 saturated heterocycles. The third kappa shape index (κ3) is 2.96. The number of nitrogens with one attached hydrogen (secondary N) is 2. The highest BCUT2D eigenvalue weighted by Gasteiger charge is 2.24. The first-order valence-electron chi connectivity index (χ1n) is 5.42. The number of amides is 1. The van der Waals surface area contributed by atoms with Gasteiger partial charge < -0.3 is 15.4 Å². The van der Waals surface area contributed by atoms with Gasteiger partial charge in [0.25, 0.3) is 0 Å². The molecule has 1 aliphatic carbocycles. The van der Waals surface area contributed by atoms with Gasteiger partial charge >= 0.3 is 0 Å². The smallest absolute Gasteiger partial charge is 0.225 e. The third-order valence-electron chi connectivity index (χ3n) is 2.75. The van der Waals surface area contributed by atoms with Crippen LogP contribution in [0.1, 0.15) is 12.8 Å². The molecule has 4 heteroatoms. The van der Waals surface area contributed by atoms with Crippen molar-refractivity contribution >= 4 is 5.91 Å². The van der Waals surface area contributed by atoms with E-state index in [0.717, 1.165) is 25.6 Å². The largest absolute Gasteiger partial charge is 0.379 e. The minimum absolute atomic E-state index is 0.166. The summed E-state index contributed by atoms with van der Waals surface area (Å²) in [4.78, 5) is 11.3. The number of ether oxygens (including phenoxy) is 1. The zero-order chi connectivity index (χ0) is 9.80. The molecule has 14 heavy (non-hydrogen) atoms. The maximum atomic E-state index is 11.3.